The first-order chi connectivity index (χ1) is 11.1. The third-order valence-electron chi connectivity index (χ3n) is 4.34. The van der Waals surface area contributed by atoms with Crippen molar-refractivity contribution >= 4 is 25.6 Å². The van der Waals surface area contributed by atoms with Crippen molar-refractivity contribution in [2.45, 2.75) is 42.5 Å². The topological polar surface area (TPSA) is 153 Å². The van der Waals surface area contributed by atoms with Crippen molar-refractivity contribution in [2.24, 2.45) is 11.6 Å². The number of rotatable bonds is 6. The standard InChI is InChI=1S/C14H23N3O5S2/c15-11-3-1-10(2-4-11)13-6-5-12(17-16)9-14(13)23(18,19)7-8-24(20,21)22/h5-6,9-11,17H,1-4,7-8,15-16H2,(H,20,21,22). The van der Waals surface area contributed by atoms with Gasteiger partial charge >= 0.3 is 0 Å². The molecule has 0 atom stereocenters. The Kier molecular flexibility index (Phi) is 5.87. The van der Waals surface area contributed by atoms with Crippen LogP contribution in [0, 0.1) is 0 Å². The van der Waals surface area contributed by atoms with Gasteiger partial charge in [0.2, 0.25) is 0 Å². The summed E-state index contributed by atoms with van der Waals surface area (Å²) < 4.78 is 55.8. The van der Waals surface area contributed by atoms with Gasteiger partial charge in [-0.15, -0.1) is 0 Å². The minimum absolute atomic E-state index is 0.0483. The van der Waals surface area contributed by atoms with Crippen molar-refractivity contribution in [1.82, 2.24) is 0 Å². The van der Waals surface area contributed by atoms with Gasteiger partial charge in [0.15, 0.2) is 9.84 Å². The molecular weight excluding hydrogens is 354 g/mol. The van der Waals surface area contributed by atoms with Crippen molar-refractivity contribution in [2.75, 3.05) is 16.9 Å². The fourth-order valence-electron chi connectivity index (χ4n) is 2.99. The van der Waals surface area contributed by atoms with Crippen LogP contribution in [-0.4, -0.2) is 38.9 Å². The summed E-state index contributed by atoms with van der Waals surface area (Å²) in [4.78, 5) is 0.0575. The lowest BCUT2D eigenvalue weighted by Crippen LogP contribution is -2.26. The number of hydrogen-bond acceptors (Lipinski definition) is 7. The molecule has 1 aromatic rings. The van der Waals surface area contributed by atoms with Gasteiger partial charge in [-0.25, -0.2) is 8.42 Å². The van der Waals surface area contributed by atoms with Crippen LogP contribution in [0.2, 0.25) is 0 Å². The first kappa shape index (κ1) is 19.1. The first-order valence-corrected chi connectivity index (χ1v) is 10.9. The van der Waals surface area contributed by atoms with Crippen LogP contribution in [0.15, 0.2) is 23.1 Å². The maximum absolute atomic E-state index is 12.6. The Hall–Kier alpha value is -1.20. The quantitative estimate of drug-likeness (QED) is 0.320. The first-order valence-electron chi connectivity index (χ1n) is 7.66. The fourth-order valence-corrected chi connectivity index (χ4v) is 5.83. The lowest BCUT2D eigenvalue weighted by molar-refractivity contribution is 0.392. The van der Waals surface area contributed by atoms with E-state index in [0.717, 1.165) is 25.7 Å². The Morgan fingerprint density at radius 3 is 2.25 bits per heavy atom. The van der Waals surface area contributed by atoms with E-state index >= 15 is 0 Å². The lowest BCUT2D eigenvalue weighted by atomic mass is 9.82. The van der Waals surface area contributed by atoms with E-state index in [0.29, 0.717) is 11.3 Å². The van der Waals surface area contributed by atoms with Crippen LogP contribution in [-0.2, 0) is 20.0 Å². The van der Waals surface area contributed by atoms with Gasteiger partial charge in [0.25, 0.3) is 10.1 Å². The van der Waals surface area contributed by atoms with E-state index in [-0.39, 0.29) is 16.9 Å². The molecule has 10 heteroatoms. The summed E-state index contributed by atoms with van der Waals surface area (Å²) in [5, 5.41) is 0. The molecule has 0 bridgehead atoms. The molecule has 1 fully saturated rings. The SMILES string of the molecule is NNc1ccc(C2CCC(N)CC2)c(S(=O)(=O)CCS(=O)(=O)O)c1. The Labute approximate surface area is 142 Å². The van der Waals surface area contributed by atoms with Crippen LogP contribution in [0.4, 0.5) is 5.69 Å². The summed E-state index contributed by atoms with van der Waals surface area (Å²) in [5.74, 6) is 3.88. The van der Waals surface area contributed by atoms with Gasteiger partial charge in [-0.2, -0.15) is 8.42 Å². The van der Waals surface area contributed by atoms with E-state index in [4.69, 9.17) is 16.1 Å². The zero-order valence-corrected chi connectivity index (χ0v) is 14.8. The zero-order valence-electron chi connectivity index (χ0n) is 13.2. The van der Waals surface area contributed by atoms with Crippen molar-refractivity contribution in [3.63, 3.8) is 0 Å². The highest BCUT2D eigenvalue weighted by molar-refractivity contribution is 7.93. The predicted molar refractivity (Wildman–Crippen MR) is 91.9 cm³/mol. The van der Waals surface area contributed by atoms with Crippen LogP contribution >= 0.6 is 0 Å². The van der Waals surface area contributed by atoms with Crippen LogP contribution in [0.3, 0.4) is 0 Å². The number of sulfone groups is 1. The highest BCUT2D eigenvalue weighted by Crippen LogP contribution is 2.37. The third-order valence-corrected chi connectivity index (χ3v) is 7.08. The van der Waals surface area contributed by atoms with Crippen LogP contribution in [0.25, 0.3) is 0 Å². The lowest BCUT2D eigenvalue weighted by Gasteiger charge is -2.28. The number of nitrogen functional groups attached to an aromatic ring is 1. The van der Waals surface area contributed by atoms with E-state index in [9.17, 15) is 16.8 Å². The number of benzene rings is 1. The molecule has 1 saturated carbocycles. The average molecular weight is 377 g/mol. The largest absolute Gasteiger partial charge is 0.328 e. The minimum Gasteiger partial charge on any atom is -0.328 e. The molecule has 8 nitrogen and oxygen atoms in total. The summed E-state index contributed by atoms with van der Waals surface area (Å²) in [5.41, 5.74) is 9.36. The molecule has 0 saturated heterocycles. The molecule has 0 spiro atoms. The monoisotopic (exact) mass is 377 g/mol. The molecule has 136 valence electrons. The van der Waals surface area contributed by atoms with Crippen molar-refractivity contribution < 1.29 is 21.4 Å². The van der Waals surface area contributed by atoms with Gasteiger partial charge in [0.05, 0.1) is 16.4 Å². The second kappa shape index (κ2) is 7.36. The van der Waals surface area contributed by atoms with Crippen LogP contribution in [0.5, 0.6) is 0 Å². The van der Waals surface area contributed by atoms with Crippen LogP contribution < -0.4 is 17.0 Å². The number of hydrazine groups is 1. The summed E-state index contributed by atoms with van der Waals surface area (Å²) in [6.45, 7) is 0. The second-order valence-corrected chi connectivity index (χ2v) is 9.76. The van der Waals surface area contributed by atoms with E-state index in [2.05, 4.69) is 5.43 Å². The molecule has 0 aliphatic heterocycles. The molecule has 2 rings (SSSR count). The Morgan fingerprint density at radius 1 is 1.08 bits per heavy atom. The summed E-state index contributed by atoms with van der Waals surface area (Å²) in [7, 11) is -8.25. The molecule has 6 N–H and O–H groups in total. The molecule has 24 heavy (non-hydrogen) atoms. The van der Waals surface area contributed by atoms with Gasteiger partial charge in [0, 0.05) is 11.7 Å². The van der Waals surface area contributed by atoms with E-state index < -0.39 is 31.5 Å². The second-order valence-electron chi connectivity index (χ2n) is 6.11. The van der Waals surface area contributed by atoms with Gasteiger partial charge in [0.1, 0.15) is 0 Å². The van der Waals surface area contributed by atoms with E-state index in [1.54, 1.807) is 12.1 Å². The molecule has 0 unspecified atom stereocenters. The smallest absolute Gasteiger partial charge is 0.265 e. The highest BCUT2D eigenvalue weighted by atomic mass is 32.2. The molecule has 0 radical (unpaired) electrons. The number of nitrogens with two attached hydrogens (primary N) is 2. The maximum atomic E-state index is 12.6. The summed E-state index contributed by atoms with van der Waals surface area (Å²) >= 11 is 0. The minimum atomic E-state index is -4.36. The highest BCUT2D eigenvalue weighted by Gasteiger charge is 2.28. The average Bonchev–Trinajstić information content (AvgIpc) is 2.53. The molecule has 1 aromatic carbocycles. The van der Waals surface area contributed by atoms with Gasteiger partial charge < -0.3 is 11.2 Å². The third kappa shape index (κ3) is 4.90. The van der Waals surface area contributed by atoms with Crippen molar-refractivity contribution in [3.05, 3.63) is 23.8 Å². The molecule has 0 amide bonds. The molecular formula is C14H23N3O5S2. The van der Waals surface area contributed by atoms with Gasteiger partial charge in [-0.05, 0) is 49.3 Å². The maximum Gasteiger partial charge on any atom is 0.265 e. The molecule has 1 aliphatic carbocycles. The number of nitrogens with one attached hydrogen (secondary N) is 1. The Morgan fingerprint density at radius 2 is 1.71 bits per heavy atom. The van der Waals surface area contributed by atoms with Gasteiger partial charge in [-0.1, -0.05) is 6.07 Å². The summed E-state index contributed by atoms with van der Waals surface area (Å²) in [6.07, 6.45) is 3.17. The molecule has 0 aromatic heterocycles. The number of hydrogen-bond donors (Lipinski definition) is 4. The molecule has 0 heterocycles. The summed E-state index contributed by atoms with van der Waals surface area (Å²) in [6, 6.07) is 4.93. The van der Waals surface area contributed by atoms with E-state index in [1.165, 1.54) is 6.07 Å². The fraction of sp³-hybridized carbons (Fsp3) is 0.571. The van der Waals surface area contributed by atoms with Gasteiger partial charge in [-0.3, -0.25) is 10.4 Å². The Balaban J connectivity index is 2.38. The zero-order chi connectivity index (χ0) is 18.0. The van der Waals surface area contributed by atoms with E-state index in [1.807, 2.05) is 0 Å². The normalized spacial score (nSPS) is 22.3. The Bertz CT molecular complexity index is 785. The van der Waals surface area contributed by atoms with Crippen LogP contribution in [0.1, 0.15) is 37.2 Å². The van der Waals surface area contributed by atoms with Crippen molar-refractivity contribution in [3.8, 4) is 0 Å². The molecule has 1 aliphatic rings. The predicted octanol–water partition coefficient (Wildman–Crippen LogP) is 0.619. The van der Waals surface area contributed by atoms with Crippen molar-refractivity contribution in [1.29, 1.82) is 0 Å². The number of anilines is 1.